The number of benzene rings is 2. The third kappa shape index (κ3) is 3.83. The number of nitrogen functional groups attached to an aromatic ring is 1. The highest BCUT2D eigenvalue weighted by Crippen LogP contribution is 2.17. The number of aryl methyl sites for hydroxylation is 2. The number of hydrogen-bond donors (Lipinski definition) is 3. The number of aliphatic imine (C=N–C) groups is 1. The minimum absolute atomic E-state index is 0.505. The minimum atomic E-state index is 0.505. The molecule has 4 nitrogen and oxygen atoms in total. The molecule has 0 radical (unpaired) electrons. The van der Waals surface area contributed by atoms with Crippen LogP contribution in [0.15, 0.2) is 47.5 Å². The maximum atomic E-state index is 6.10. The Morgan fingerprint density at radius 2 is 1.67 bits per heavy atom. The van der Waals surface area contributed by atoms with Gasteiger partial charge in [0, 0.05) is 24.8 Å². The summed E-state index contributed by atoms with van der Waals surface area (Å²) in [7, 11) is 1.67. The molecule has 0 saturated carbocycles. The Bertz CT molecular complexity index is 630. The van der Waals surface area contributed by atoms with Crippen molar-refractivity contribution in [1.82, 2.24) is 0 Å². The van der Waals surface area contributed by atoms with Gasteiger partial charge < -0.3 is 17.2 Å². The SMILES string of the molecule is CN=C(N)c1ccc(CCc2ccc(CN)cc2)c(N)c1. The molecule has 6 N–H and O–H groups in total. The van der Waals surface area contributed by atoms with Gasteiger partial charge in [0.15, 0.2) is 0 Å². The van der Waals surface area contributed by atoms with Gasteiger partial charge >= 0.3 is 0 Å². The van der Waals surface area contributed by atoms with Gasteiger partial charge in [0.25, 0.3) is 0 Å². The van der Waals surface area contributed by atoms with E-state index in [1.807, 2.05) is 18.2 Å². The van der Waals surface area contributed by atoms with Gasteiger partial charge in [-0.15, -0.1) is 0 Å². The van der Waals surface area contributed by atoms with E-state index < -0.39 is 0 Å². The molecule has 2 rings (SSSR count). The lowest BCUT2D eigenvalue weighted by Crippen LogP contribution is -2.13. The van der Waals surface area contributed by atoms with Crippen molar-refractivity contribution in [1.29, 1.82) is 0 Å². The Hall–Kier alpha value is -2.33. The monoisotopic (exact) mass is 282 g/mol. The summed E-state index contributed by atoms with van der Waals surface area (Å²) in [4.78, 5) is 3.97. The molecule has 0 unspecified atom stereocenters. The van der Waals surface area contributed by atoms with Crippen molar-refractivity contribution in [2.24, 2.45) is 16.5 Å². The summed E-state index contributed by atoms with van der Waals surface area (Å²) in [5.41, 5.74) is 22.7. The van der Waals surface area contributed by atoms with Crippen molar-refractivity contribution in [2.45, 2.75) is 19.4 Å². The molecule has 0 heterocycles. The van der Waals surface area contributed by atoms with E-state index >= 15 is 0 Å². The third-order valence-electron chi connectivity index (χ3n) is 3.62. The zero-order chi connectivity index (χ0) is 15.2. The molecule has 4 heteroatoms. The molecule has 0 fully saturated rings. The number of amidine groups is 1. The van der Waals surface area contributed by atoms with Crippen LogP contribution < -0.4 is 17.2 Å². The average Bonchev–Trinajstić information content (AvgIpc) is 2.53. The number of rotatable bonds is 5. The Morgan fingerprint density at radius 1 is 1.00 bits per heavy atom. The lowest BCUT2D eigenvalue weighted by atomic mass is 10.0. The Labute approximate surface area is 125 Å². The van der Waals surface area contributed by atoms with Gasteiger partial charge in [0.1, 0.15) is 5.84 Å². The van der Waals surface area contributed by atoms with Gasteiger partial charge in [-0.05, 0) is 35.6 Å². The Kier molecular flexibility index (Phi) is 4.95. The van der Waals surface area contributed by atoms with Crippen LogP contribution in [0.1, 0.15) is 22.3 Å². The van der Waals surface area contributed by atoms with Crippen molar-refractivity contribution < 1.29 is 0 Å². The number of anilines is 1. The Balaban J connectivity index is 2.05. The first kappa shape index (κ1) is 15.1. The zero-order valence-electron chi connectivity index (χ0n) is 12.3. The van der Waals surface area contributed by atoms with Crippen LogP contribution in [0.5, 0.6) is 0 Å². The van der Waals surface area contributed by atoms with Crippen molar-refractivity contribution in [3.05, 3.63) is 64.7 Å². The zero-order valence-corrected chi connectivity index (χ0v) is 12.3. The summed E-state index contributed by atoms with van der Waals surface area (Å²) < 4.78 is 0. The van der Waals surface area contributed by atoms with E-state index in [-0.39, 0.29) is 0 Å². The second kappa shape index (κ2) is 6.90. The van der Waals surface area contributed by atoms with E-state index in [0.29, 0.717) is 12.4 Å². The summed E-state index contributed by atoms with van der Waals surface area (Å²) >= 11 is 0. The summed E-state index contributed by atoms with van der Waals surface area (Å²) in [6.07, 6.45) is 1.85. The fourth-order valence-corrected chi connectivity index (χ4v) is 2.23. The van der Waals surface area contributed by atoms with E-state index in [1.165, 1.54) is 5.56 Å². The third-order valence-corrected chi connectivity index (χ3v) is 3.62. The van der Waals surface area contributed by atoms with Crippen LogP contribution in [0.4, 0.5) is 5.69 Å². The second-order valence-corrected chi connectivity index (χ2v) is 5.04. The van der Waals surface area contributed by atoms with Crippen molar-refractivity contribution >= 4 is 11.5 Å². The van der Waals surface area contributed by atoms with Crippen LogP contribution in [-0.4, -0.2) is 12.9 Å². The molecular formula is C17H22N4. The predicted octanol–water partition coefficient (Wildman–Crippen LogP) is 1.85. The van der Waals surface area contributed by atoms with Crippen LogP contribution in [0, 0.1) is 0 Å². The van der Waals surface area contributed by atoms with Gasteiger partial charge in [-0.25, -0.2) is 0 Å². The van der Waals surface area contributed by atoms with E-state index in [2.05, 4.69) is 29.3 Å². The van der Waals surface area contributed by atoms with E-state index in [4.69, 9.17) is 17.2 Å². The summed E-state index contributed by atoms with van der Waals surface area (Å²) in [6.45, 7) is 0.578. The maximum Gasteiger partial charge on any atom is 0.125 e. The molecule has 0 aliphatic carbocycles. The molecule has 0 aromatic heterocycles. The van der Waals surface area contributed by atoms with Gasteiger partial charge in [-0.2, -0.15) is 0 Å². The largest absolute Gasteiger partial charge is 0.398 e. The molecule has 2 aromatic carbocycles. The molecule has 0 bridgehead atoms. The first-order valence-electron chi connectivity index (χ1n) is 7.03. The molecule has 21 heavy (non-hydrogen) atoms. The maximum absolute atomic E-state index is 6.10. The van der Waals surface area contributed by atoms with Crippen LogP contribution >= 0.6 is 0 Å². The standard InChI is InChI=1S/C17H22N4/c1-21-17(20)15-9-8-14(16(19)10-15)7-6-12-2-4-13(11-18)5-3-12/h2-5,8-10H,6-7,11,18-19H2,1H3,(H2,20,21). The summed E-state index contributed by atoms with van der Waals surface area (Å²) in [5.74, 6) is 0.505. The highest BCUT2D eigenvalue weighted by Gasteiger charge is 2.04. The highest BCUT2D eigenvalue weighted by atomic mass is 14.8. The van der Waals surface area contributed by atoms with Crippen LogP contribution in [0.25, 0.3) is 0 Å². The molecular weight excluding hydrogens is 260 g/mol. The van der Waals surface area contributed by atoms with E-state index in [0.717, 1.165) is 35.2 Å². The van der Waals surface area contributed by atoms with Gasteiger partial charge in [-0.1, -0.05) is 36.4 Å². The van der Waals surface area contributed by atoms with Gasteiger partial charge in [0.2, 0.25) is 0 Å². The van der Waals surface area contributed by atoms with Crippen molar-refractivity contribution in [3.8, 4) is 0 Å². The fourth-order valence-electron chi connectivity index (χ4n) is 2.23. The lowest BCUT2D eigenvalue weighted by Gasteiger charge is -2.09. The van der Waals surface area contributed by atoms with Crippen molar-refractivity contribution in [3.63, 3.8) is 0 Å². The van der Waals surface area contributed by atoms with E-state index in [9.17, 15) is 0 Å². The minimum Gasteiger partial charge on any atom is -0.398 e. The van der Waals surface area contributed by atoms with Crippen molar-refractivity contribution in [2.75, 3.05) is 12.8 Å². The number of nitrogens with two attached hydrogens (primary N) is 3. The first-order valence-corrected chi connectivity index (χ1v) is 7.03. The average molecular weight is 282 g/mol. The smallest absolute Gasteiger partial charge is 0.125 e. The first-order chi connectivity index (χ1) is 10.1. The Morgan fingerprint density at radius 3 is 2.24 bits per heavy atom. The summed E-state index contributed by atoms with van der Waals surface area (Å²) in [5, 5.41) is 0. The molecule has 2 aromatic rings. The number of hydrogen-bond acceptors (Lipinski definition) is 3. The van der Waals surface area contributed by atoms with E-state index in [1.54, 1.807) is 7.05 Å². The van der Waals surface area contributed by atoms with Gasteiger partial charge in [-0.3, -0.25) is 4.99 Å². The molecule has 0 aliphatic heterocycles. The molecule has 0 saturated heterocycles. The normalized spacial score (nSPS) is 11.6. The van der Waals surface area contributed by atoms with Gasteiger partial charge in [0.05, 0.1) is 0 Å². The molecule has 0 aliphatic rings. The van der Waals surface area contributed by atoms with Crippen LogP contribution in [-0.2, 0) is 19.4 Å². The topological polar surface area (TPSA) is 90.4 Å². The second-order valence-electron chi connectivity index (χ2n) is 5.04. The summed E-state index contributed by atoms with van der Waals surface area (Å²) in [6, 6.07) is 14.3. The molecule has 0 amide bonds. The van der Waals surface area contributed by atoms with Crippen LogP contribution in [0.3, 0.4) is 0 Å². The lowest BCUT2D eigenvalue weighted by molar-refractivity contribution is 0.958. The highest BCUT2D eigenvalue weighted by molar-refractivity contribution is 5.98. The quantitative estimate of drug-likeness (QED) is 0.444. The molecule has 0 atom stereocenters. The predicted molar refractivity (Wildman–Crippen MR) is 89.2 cm³/mol. The molecule has 110 valence electrons. The van der Waals surface area contributed by atoms with Crippen LogP contribution in [0.2, 0.25) is 0 Å². The number of nitrogens with zero attached hydrogens (tertiary/aromatic N) is 1. The fraction of sp³-hybridized carbons (Fsp3) is 0.235. The molecule has 0 spiro atoms.